The number of hydrogen-bond acceptors (Lipinski definition) is 7. The summed E-state index contributed by atoms with van der Waals surface area (Å²) in [5, 5.41) is 10.0. The number of ether oxygens (including phenoxy) is 1. The second-order valence-corrected chi connectivity index (χ2v) is 21.7. The molecular formula is C48H71ClN2O6. The van der Waals surface area contributed by atoms with E-state index < -0.39 is 16.8 Å². The van der Waals surface area contributed by atoms with E-state index in [0.717, 1.165) is 75.6 Å². The number of nitrogens with zero attached hydrogens (tertiary/aromatic N) is 2. The molecule has 5 aliphatic carbocycles. The third-order valence-corrected chi connectivity index (χ3v) is 16.8. The Bertz CT molecular complexity index is 1750. The van der Waals surface area contributed by atoms with E-state index in [-0.39, 0.29) is 70.5 Å². The molecule has 0 unspecified atom stereocenters. The maximum Gasteiger partial charge on any atom is 0.306 e. The monoisotopic (exact) mass is 807 g/mol. The van der Waals surface area contributed by atoms with Crippen molar-refractivity contribution in [3.8, 4) is 0 Å². The first-order chi connectivity index (χ1) is 26.6. The largest absolute Gasteiger partial charge is 0.481 e. The minimum atomic E-state index is -0.901. The molecular weight excluding hydrogens is 736 g/mol. The molecule has 4 saturated carbocycles. The third kappa shape index (κ3) is 8.07. The number of ketones is 2. The van der Waals surface area contributed by atoms with E-state index in [2.05, 4.69) is 65.4 Å². The van der Waals surface area contributed by atoms with E-state index in [1.54, 1.807) is 0 Å². The van der Waals surface area contributed by atoms with Crippen LogP contribution in [0, 0.1) is 56.7 Å². The number of likely N-dealkylation sites (N-methyl/N-ethyl adjacent to an activating group) is 1. The van der Waals surface area contributed by atoms with Crippen LogP contribution in [0.5, 0.6) is 0 Å². The number of rotatable bonds is 14. The highest BCUT2D eigenvalue weighted by molar-refractivity contribution is 6.30. The van der Waals surface area contributed by atoms with E-state index >= 15 is 4.79 Å². The Morgan fingerprint density at radius 1 is 0.930 bits per heavy atom. The van der Waals surface area contributed by atoms with Gasteiger partial charge in [0.1, 0.15) is 6.10 Å². The van der Waals surface area contributed by atoms with Crippen molar-refractivity contribution >= 4 is 35.1 Å². The smallest absolute Gasteiger partial charge is 0.306 e. The summed E-state index contributed by atoms with van der Waals surface area (Å²) in [5.41, 5.74) is 1.96. The summed E-state index contributed by atoms with van der Waals surface area (Å²) in [5.74, 6) is 0.593. The van der Waals surface area contributed by atoms with Crippen LogP contribution in [0.25, 0.3) is 0 Å². The van der Waals surface area contributed by atoms with E-state index in [1.165, 1.54) is 5.57 Å². The van der Waals surface area contributed by atoms with Crippen molar-refractivity contribution in [3.63, 3.8) is 0 Å². The maximum absolute atomic E-state index is 15.1. The first kappa shape index (κ1) is 44.0. The van der Waals surface area contributed by atoms with Gasteiger partial charge in [-0.05, 0) is 146 Å². The molecule has 8 nitrogen and oxygen atoms in total. The van der Waals surface area contributed by atoms with Crippen molar-refractivity contribution in [3.05, 3.63) is 46.0 Å². The van der Waals surface area contributed by atoms with Crippen LogP contribution in [-0.4, -0.2) is 78.2 Å². The molecule has 57 heavy (non-hydrogen) atoms. The number of benzene rings is 1. The SMILES string of the molecule is CC(C)C1=C2[C@H]3CC[C@@H]4[C@@]5(C)CC[C@H](OC(=O)CC(C)(C)CC(=O)O)[C@H](C)[C@@H]5CC[C@@]4(C)[C@]3(C)CC[C@@]2(C(=O)CN(CCN(C)C)Cc2ccc(Cl)cc2)CC1=O. The molecule has 0 aliphatic heterocycles. The van der Waals surface area contributed by atoms with Crippen LogP contribution in [0.2, 0.25) is 5.02 Å². The highest BCUT2D eigenvalue weighted by atomic mass is 35.5. The fraction of sp³-hybridized carbons (Fsp3) is 0.750. The average molecular weight is 808 g/mol. The number of carboxylic acid groups (broad SMARTS) is 1. The number of carbonyl (C=O) groups is 4. The van der Waals surface area contributed by atoms with Crippen molar-refractivity contribution in [2.75, 3.05) is 33.7 Å². The number of Topliss-reactive ketones (excluding diaryl/α,β-unsaturated/α-hetero) is 2. The summed E-state index contributed by atoms with van der Waals surface area (Å²) in [6.07, 6.45) is 7.89. The van der Waals surface area contributed by atoms with Gasteiger partial charge in [0.25, 0.3) is 0 Å². The van der Waals surface area contributed by atoms with E-state index in [0.29, 0.717) is 36.4 Å². The minimum absolute atomic E-state index is 0.0352. The Labute approximate surface area is 347 Å². The van der Waals surface area contributed by atoms with E-state index in [4.69, 9.17) is 16.3 Å². The number of carbonyl (C=O) groups excluding carboxylic acids is 3. The van der Waals surface area contributed by atoms with Crippen molar-refractivity contribution < 1.29 is 29.0 Å². The van der Waals surface area contributed by atoms with Crippen LogP contribution in [-0.2, 0) is 30.5 Å². The molecule has 9 heteroatoms. The summed E-state index contributed by atoms with van der Waals surface area (Å²) in [6.45, 7) is 20.4. The van der Waals surface area contributed by atoms with Gasteiger partial charge in [-0.1, -0.05) is 79.1 Å². The maximum atomic E-state index is 15.1. The Morgan fingerprint density at radius 3 is 2.25 bits per heavy atom. The zero-order chi connectivity index (χ0) is 41.9. The zero-order valence-corrected chi connectivity index (χ0v) is 37.4. The lowest BCUT2D eigenvalue weighted by molar-refractivity contribution is -0.215. The van der Waals surface area contributed by atoms with Crippen molar-refractivity contribution in [1.29, 1.82) is 0 Å². The summed E-state index contributed by atoms with van der Waals surface area (Å²) in [4.78, 5) is 58.4. The number of halogens is 1. The van der Waals surface area contributed by atoms with Gasteiger partial charge in [-0.15, -0.1) is 0 Å². The van der Waals surface area contributed by atoms with Crippen LogP contribution >= 0.6 is 11.6 Å². The fourth-order valence-electron chi connectivity index (χ4n) is 13.6. The highest BCUT2D eigenvalue weighted by Crippen LogP contribution is 2.76. The average Bonchev–Trinajstić information content (AvgIpc) is 3.42. The molecule has 0 spiro atoms. The first-order valence-electron chi connectivity index (χ1n) is 21.9. The quantitative estimate of drug-likeness (QED) is 0.186. The number of carboxylic acids is 1. The summed E-state index contributed by atoms with van der Waals surface area (Å²) < 4.78 is 6.19. The van der Waals surface area contributed by atoms with E-state index in [9.17, 15) is 19.5 Å². The lowest BCUT2D eigenvalue weighted by Gasteiger charge is -2.71. The molecule has 5 aliphatic rings. The summed E-state index contributed by atoms with van der Waals surface area (Å²) in [6, 6.07) is 7.91. The molecule has 1 aromatic rings. The minimum Gasteiger partial charge on any atom is -0.481 e. The fourth-order valence-corrected chi connectivity index (χ4v) is 13.7. The molecule has 316 valence electrons. The Hall–Kier alpha value is -2.55. The van der Waals surface area contributed by atoms with Crippen LogP contribution < -0.4 is 0 Å². The van der Waals surface area contributed by atoms with Gasteiger partial charge in [0.2, 0.25) is 0 Å². The molecule has 0 bridgehead atoms. The van der Waals surface area contributed by atoms with Crippen LogP contribution in [0.1, 0.15) is 132 Å². The van der Waals surface area contributed by atoms with Crippen LogP contribution in [0.15, 0.2) is 35.4 Å². The van der Waals surface area contributed by atoms with Gasteiger partial charge >= 0.3 is 11.9 Å². The van der Waals surface area contributed by atoms with Gasteiger partial charge in [0, 0.05) is 31.1 Å². The molecule has 4 fully saturated rings. The predicted octanol–water partition coefficient (Wildman–Crippen LogP) is 9.67. The molecule has 0 heterocycles. The highest BCUT2D eigenvalue weighted by Gasteiger charge is 2.70. The van der Waals surface area contributed by atoms with Crippen molar-refractivity contribution in [2.45, 2.75) is 139 Å². The number of hydrogen-bond donors (Lipinski definition) is 1. The van der Waals surface area contributed by atoms with Crippen molar-refractivity contribution in [1.82, 2.24) is 9.80 Å². The number of allylic oxidation sites excluding steroid dienone is 2. The van der Waals surface area contributed by atoms with Crippen molar-refractivity contribution in [2.24, 2.45) is 56.7 Å². The molecule has 0 radical (unpaired) electrons. The van der Waals surface area contributed by atoms with Gasteiger partial charge in [-0.25, -0.2) is 0 Å². The second kappa shape index (κ2) is 16.1. The summed E-state index contributed by atoms with van der Waals surface area (Å²) in [7, 11) is 4.13. The Kier molecular flexibility index (Phi) is 12.5. The topological polar surface area (TPSA) is 104 Å². The van der Waals surface area contributed by atoms with Gasteiger partial charge < -0.3 is 14.7 Å². The lowest BCUT2D eigenvalue weighted by atomic mass is 9.34. The molecule has 0 amide bonds. The number of esters is 1. The van der Waals surface area contributed by atoms with Gasteiger partial charge in [-0.2, -0.15) is 0 Å². The lowest BCUT2D eigenvalue weighted by Crippen LogP contribution is -2.64. The summed E-state index contributed by atoms with van der Waals surface area (Å²) >= 11 is 6.23. The third-order valence-electron chi connectivity index (χ3n) is 16.6. The predicted molar refractivity (Wildman–Crippen MR) is 226 cm³/mol. The number of fused-ring (bicyclic) bond motifs is 7. The molecule has 1 aromatic carbocycles. The van der Waals surface area contributed by atoms with Crippen LogP contribution in [0.3, 0.4) is 0 Å². The Balaban J connectivity index is 1.26. The molecule has 9 atom stereocenters. The molecule has 1 N–H and O–H groups in total. The second-order valence-electron chi connectivity index (χ2n) is 21.2. The molecule has 0 aromatic heterocycles. The van der Waals surface area contributed by atoms with Gasteiger partial charge in [0.15, 0.2) is 11.6 Å². The van der Waals surface area contributed by atoms with Gasteiger partial charge in [-0.3, -0.25) is 24.1 Å². The van der Waals surface area contributed by atoms with Gasteiger partial charge in [0.05, 0.1) is 24.8 Å². The zero-order valence-electron chi connectivity index (χ0n) is 36.6. The molecule has 0 saturated heterocycles. The normalized spacial score (nSPS) is 35.2. The van der Waals surface area contributed by atoms with Crippen LogP contribution in [0.4, 0.5) is 0 Å². The first-order valence-corrected chi connectivity index (χ1v) is 22.3. The van der Waals surface area contributed by atoms with E-state index in [1.807, 2.05) is 38.1 Å². The number of aliphatic carboxylic acids is 1. The molecule has 6 rings (SSSR count). The standard InChI is InChI=1S/C48H71ClN2O6/c1-30(2)42-36(52)25-48(39(53)29-51(24-23-50(9)10)28-32-11-13-33(49)14-12-32)22-21-46(7)35(43(42)48)15-16-38-45(6)19-18-37(31(3)34(45)17-20-47(38,46)8)57-41(56)27-44(4,5)26-40(54)55/h11-14,30-31,34-35,37-38H,15-29H2,1-10H3,(H,54,55)/t31-,34+,35-,37+,38-,45+,46-,47-,48+/m1/s1. The Morgan fingerprint density at radius 2 is 1.61 bits per heavy atom.